The predicted octanol–water partition coefficient (Wildman–Crippen LogP) is 4.04. The van der Waals surface area contributed by atoms with Gasteiger partial charge in [-0.15, -0.1) is 0 Å². The minimum Gasteiger partial charge on any atom is -0.445 e. The Morgan fingerprint density at radius 1 is 0.913 bits per heavy atom. The molecule has 0 unspecified atom stereocenters. The highest BCUT2D eigenvalue weighted by atomic mass is 16.5. The van der Waals surface area contributed by atoms with Crippen molar-refractivity contribution in [1.82, 2.24) is 0 Å². The second-order valence-electron chi connectivity index (χ2n) is 5.44. The van der Waals surface area contributed by atoms with Crippen LogP contribution in [0.1, 0.15) is 30.4 Å². The van der Waals surface area contributed by atoms with Crippen LogP contribution in [0.5, 0.6) is 0 Å². The molecule has 2 N–H and O–H groups in total. The van der Waals surface area contributed by atoms with Gasteiger partial charge in [0.1, 0.15) is 6.61 Å². The normalized spacial score (nSPS) is 13.4. The summed E-state index contributed by atoms with van der Waals surface area (Å²) in [6.45, 7) is 1.03. The molecule has 1 saturated carbocycles. The maximum absolute atomic E-state index is 10.2. The monoisotopic (exact) mass is 313 g/mol. The molecule has 0 atom stereocenters. The van der Waals surface area contributed by atoms with Gasteiger partial charge < -0.3 is 15.2 Å². The average Bonchev–Trinajstić information content (AvgIpc) is 2.54. The van der Waals surface area contributed by atoms with E-state index >= 15 is 0 Å². The molecule has 0 aliphatic heterocycles. The van der Waals surface area contributed by atoms with Crippen LogP contribution in [0, 0.1) is 0 Å². The molecule has 23 heavy (non-hydrogen) atoms. The van der Waals surface area contributed by atoms with E-state index in [4.69, 9.17) is 10.5 Å². The predicted molar refractivity (Wildman–Crippen MR) is 89.7 cm³/mol. The lowest BCUT2D eigenvalue weighted by atomic mass is 9.96. The van der Waals surface area contributed by atoms with Crippen molar-refractivity contribution in [3.05, 3.63) is 71.8 Å². The maximum Gasteiger partial charge on any atom is 0.404 e. The minimum atomic E-state index is -0.742. The van der Waals surface area contributed by atoms with E-state index in [-0.39, 0.29) is 6.61 Å². The fourth-order valence-electron chi connectivity index (χ4n) is 2.05. The van der Waals surface area contributed by atoms with Crippen LogP contribution in [-0.2, 0) is 22.7 Å². The second-order valence-corrected chi connectivity index (χ2v) is 5.44. The Labute approximate surface area is 137 Å². The molecule has 2 aromatic carbocycles. The lowest BCUT2D eigenvalue weighted by Crippen LogP contribution is -2.21. The zero-order valence-corrected chi connectivity index (χ0v) is 13.2. The molecule has 3 rings (SSSR count). The third kappa shape index (κ3) is 6.98. The number of primary amides is 1. The molecule has 2 aromatic rings. The number of amides is 1. The fourth-order valence-corrected chi connectivity index (χ4v) is 2.05. The van der Waals surface area contributed by atoms with E-state index in [1.807, 2.05) is 36.4 Å². The van der Waals surface area contributed by atoms with E-state index in [0.29, 0.717) is 6.10 Å². The Hall–Kier alpha value is -2.33. The number of carbonyl (C=O) groups excluding carboxylic acids is 1. The van der Waals surface area contributed by atoms with Crippen LogP contribution in [-0.4, -0.2) is 12.2 Å². The number of hydrogen-bond donors (Lipinski definition) is 1. The van der Waals surface area contributed by atoms with Gasteiger partial charge in [-0.2, -0.15) is 0 Å². The molecule has 1 fully saturated rings. The molecule has 0 heterocycles. The zero-order chi connectivity index (χ0) is 16.3. The van der Waals surface area contributed by atoms with Crippen LogP contribution in [0.15, 0.2) is 60.7 Å². The molecular weight excluding hydrogens is 290 g/mol. The van der Waals surface area contributed by atoms with Crippen LogP contribution in [0.4, 0.5) is 4.79 Å². The standard InChI is InChI=1S/C11H14O.C8H9NO2/c1-2-5-10(6-3-1)9-12-11-7-4-8-11;9-8(10)11-6-7-4-2-1-3-5-7/h1-3,5-6,11H,4,7-9H2;1-5H,6H2,(H2,9,10). The van der Waals surface area contributed by atoms with Crippen LogP contribution < -0.4 is 5.73 Å². The second kappa shape index (κ2) is 9.64. The maximum atomic E-state index is 10.2. The molecular formula is C19H23NO3. The van der Waals surface area contributed by atoms with Crippen molar-refractivity contribution in [2.45, 2.75) is 38.6 Å². The molecule has 4 nitrogen and oxygen atoms in total. The molecule has 0 bridgehead atoms. The van der Waals surface area contributed by atoms with Gasteiger partial charge in [0.2, 0.25) is 0 Å². The van der Waals surface area contributed by atoms with Crippen molar-refractivity contribution in [3.63, 3.8) is 0 Å². The van der Waals surface area contributed by atoms with Crippen LogP contribution in [0.3, 0.4) is 0 Å². The summed E-state index contributed by atoms with van der Waals surface area (Å²) in [7, 11) is 0. The summed E-state index contributed by atoms with van der Waals surface area (Å²) in [6, 6.07) is 19.7. The first-order chi connectivity index (χ1) is 11.2. The van der Waals surface area contributed by atoms with E-state index in [1.165, 1.54) is 24.8 Å². The first-order valence-electron chi connectivity index (χ1n) is 7.85. The Balaban J connectivity index is 0.000000168. The molecule has 0 spiro atoms. The summed E-state index contributed by atoms with van der Waals surface area (Å²) in [6.07, 6.45) is 3.66. The van der Waals surface area contributed by atoms with Crippen LogP contribution in [0.25, 0.3) is 0 Å². The summed E-state index contributed by atoms with van der Waals surface area (Å²) in [5.41, 5.74) is 7.00. The van der Waals surface area contributed by atoms with Crippen molar-refractivity contribution in [1.29, 1.82) is 0 Å². The Morgan fingerprint density at radius 3 is 1.87 bits per heavy atom. The molecule has 0 radical (unpaired) electrons. The number of benzene rings is 2. The molecule has 1 aliphatic rings. The smallest absolute Gasteiger partial charge is 0.404 e. The minimum absolute atomic E-state index is 0.246. The summed E-state index contributed by atoms with van der Waals surface area (Å²) < 4.78 is 10.2. The van der Waals surface area contributed by atoms with Crippen molar-refractivity contribution in [3.8, 4) is 0 Å². The molecule has 0 saturated heterocycles. The Morgan fingerprint density at radius 2 is 1.43 bits per heavy atom. The van der Waals surface area contributed by atoms with Gasteiger partial charge in [0, 0.05) is 0 Å². The van der Waals surface area contributed by atoms with E-state index in [1.54, 1.807) is 0 Å². The van der Waals surface area contributed by atoms with Gasteiger partial charge in [-0.25, -0.2) is 4.79 Å². The van der Waals surface area contributed by atoms with Gasteiger partial charge >= 0.3 is 6.09 Å². The number of hydrogen-bond acceptors (Lipinski definition) is 3. The lowest BCUT2D eigenvalue weighted by molar-refractivity contribution is -0.00866. The third-order valence-corrected chi connectivity index (χ3v) is 3.60. The van der Waals surface area contributed by atoms with E-state index in [0.717, 1.165) is 12.2 Å². The van der Waals surface area contributed by atoms with E-state index in [2.05, 4.69) is 29.0 Å². The number of nitrogens with two attached hydrogens (primary N) is 1. The summed E-state index contributed by atoms with van der Waals surface area (Å²) in [5, 5.41) is 0. The third-order valence-electron chi connectivity index (χ3n) is 3.60. The van der Waals surface area contributed by atoms with E-state index in [9.17, 15) is 4.79 Å². The number of carbonyl (C=O) groups is 1. The highest BCUT2D eigenvalue weighted by Gasteiger charge is 2.17. The summed E-state index contributed by atoms with van der Waals surface area (Å²) in [4.78, 5) is 10.2. The molecule has 0 aromatic heterocycles. The molecule has 122 valence electrons. The van der Waals surface area contributed by atoms with E-state index < -0.39 is 6.09 Å². The first-order valence-corrected chi connectivity index (χ1v) is 7.85. The van der Waals surface area contributed by atoms with Crippen molar-refractivity contribution in [2.24, 2.45) is 5.73 Å². The van der Waals surface area contributed by atoms with Gasteiger partial charge in [0.25, 0.3) is 0 Å². The highest BCUT2D eigenvalue weighted by molar-refractivity contribution is 5.64. The van der Waals surface area contributed by atoms with Gasteiger partial charge in [0.15, 0.2) is 0 Å². The van der Waals surface area contributed by atoms with Crippen molar-refractivity contribution >= 4 is 6.09 Å². The summed E-state index contributed by atoms with van der Waals surface area (Å²) in [5.74, 6) is 0. The zero-order valence-electron chi connectivity index (χ0n) is 13.2. The van der Waals surface area contributed by atoms with Crippen molar-refractivity contribution < 1.29 is 14.3 Å². The molecule has 1 aliphatic carbocycles. The lowest BCUT2D eigenvalue weighted by Gasteiger charge is -2.25. The Kier molecular flexibility index (Phi) is 7.14. The number of rotatable bonds is 5. The SMILES string of the molecule is NC(=O)OCc1ccccc1.c1ccc(COC2CCC2)cc1. The number of ether oxygens (including phenoxy) is 2. The van der Waals surface area contributed by atoms with Crippen molar-refractivity contribution in [2.75, 3.05) is 0 Å². The average molecular weight is 313 g/mol. The van der Waals surface area contributed by atoms with Gasteiger partial charge in [0.05, 0.1) is 12.7 Å². The van der Waals surface area contributed by atoms with Crippen LogP contribution in [0.2, 0.25) is 0 Å². The first kappa shape index (κ1) is 17.0. The van der Waals surface area contributed by atoms with Crippen LogP contribution >= 0.6 is 0 Å². The molecule has 4 heteroatoms. The Bertz CT molecular complexity index is 568. The summed E-state index contributed by atoms with van der Waals surface area (Å²) >= 11 is 0. The van der Waals surface area contributed by atoms with Gasteiger partial charge in [-0.1, -0.05) is 60.7 Å². The van der Waals surface area contributed by atoms with Gasteiger partial charge in [-0.05, 0) is 30.4 Å². The fraction of sp³-hybridized carbons (Fsp3) is 0.316. The van der Waals surface area contributed by atoms with Gasteiger partial charge in [-0.3, -0.25) is 0 Å². The molecule has 1 amide bonds. The highest BCUT2D eigenvalue weighted by Crippen LogP contribution is 2.22. The topological polar surface area (TPSA) is 61.6 Å². The largest absolute Gasteiger partial charge is 0.445 e. The quantitative estimate of drug-likeness (QED) is 0.906.